The maximum absolute atomic E-state index is 12.8. The van der Waals surface area contributed by atoms with Gasteiger partial charge in [-0.05, 0) is 36.8 Å². The molecule has 1 aliphatic heterocycles. The van der Waals surface area contributed by atoms with Gasteiger partial charge in [0, 0.05) is 25.5 Å². The number of hydrogen-bond acceptors (Lipinski definition) is 5. The van der Waals surface area contributed by atoms with Crippen LogP contribution in [0.2, 0.25) is 0 Å². The Morgan fingerprint density at radius 3 is 2.96 bits per heavy atom. The quantitative estimate of drug-likeness (QED) is 0.696. The van der Waals surface area contributed by atoms with Crippen molar-refractivity contribution in [3.05, 3.63) is 59.7 Å². The van der Waals surface area contributed by atoms with Crippen LogP contribution in [0.1, 0.15) is 17.0 Å². The highest BCUT2D eigenvalue weighted by Crippen LogP contribution is 2.19. The molecule has 9 heteroatoms. The molecule has 0 atom stereocenters. The first kappa shape index (κ1) is 17.0. The van der Waals surface area contributed by atoms with Crippen molar-refractivity contribution in [3.63, 3.8) is 0 Å². The lowest BCUT2D eigenvalue weighted by atomic mass is 10.2. The van der Waals surface area contributed by atoms with Gasteiger partial charge in [-0.2, -0.15) is 10.2 Å². The van der Waals surface area contributed by atoms with E-state index in [0.29, 0.717) is 16.9 Å². The molecule has 0 saturated carbocycles. The Balaban J connectivity index is 1.56. The number of nitrogens with one attached hydrogen (secondary N) is 2. The van der Waals surface area contributed by atoms with Crippen molar-refractivity contribution >= 4 is 10.0 Å². The summed E-state index contributed by atoms with van der Waals surface area (Å²) in [6.45, 7) is 4.37. The van der Waals surface area contributed by atoms with E-state index in [0.717, 1.165) is 25.3 Å². The number of sulfonamides is 1. The van der Waals surface area contributed by atoms with Gasteiger partial charge in [0.25, 0.3) is 0 Å². The molecule has 2 N–H and O–H groups in total. The van der Waals surface area contributed by atoms with Gasteiger partial charge in [0.2, 0.25) is 10.0 Å². The third kappa shape index (κ3) is 3.28. The summed E-state index contributed by atoms with van der Waals surface area (Å²) in [6, 6.07) is 8.99. The van der Waals surface area contributed by atoms with Crippen LogP contribution in [0, 0.1) is 6.92 Å². The van der Waals surface area contributed by atoms with Crippen LogP contribution in [0.25, 0.3) is 5.69 Å². The second-order valence-corrected chi connectivity index (χ2v) is 7.99. The van der Waals surface area contributed by atoms with Crippen molar-refractivity contribution in [2.24, 2.45) is 0 Å². The van der Waals surface area contributed by atoms with Gasteiger partial charge < -0.3 is 5.32 Å². The van der Waals surface area contributed by atoms with E-state index in [9.17, 15) is 8.42 Å². The fraction of sp³-hybridized carbons (Fsp3) is 0.294. The summed E-state index contributed by atoms with van der Waals surface area (Å²) in [4.78, 5) is 0.246. The predicted molar refractivity (Wildman–Crippen MR) is 96.3 cm³/mol. The third-order valence-electron chi connectivity index (χ3n) is 4.39. The first-order valence-corrected chi connectivity index (χ1v) is 9.88. The Kier molecular flexibility index (Phi) is 4.35. The molecule has 0 fully saturated rings. The molecule has 0 saturated heterocycles. The molecule has 1 aromatic carbocycles. The van der Waals surface area contributed by atoms with E-state index in [2.05, 4.69) is 20.2 Å². The summed E-state index contributed by atoms with van der Waals surface area (Å²) in [5.74, 6) is 0. The summed E-state index contributed by atoms with van der Waals surface area (Å²) in [5.41, 5.74) is 3.17. The molecule has 0 unspecified atom stereocenters. The van der Waals surface area contributed by atoms with Crippen LogP contribution in [0.5, 0.6) is 0 Å². The molecule has 3 heterocycles. The largest absolute Gasteiger partial charge is 0.309 e. The van der Waals surface area contributed by atoms with E-state index < -0.39 is 10.0 Å². The predicted octanol–water partition coefficient (Wildman–Crippen LogP) is 0.959. The van der Waals surface area contributed by atoms with Crippen LogP contribution in [0.15, 0.2) is 47.6 Å². The Labute approximate surface area is 151 Å². The van der Waals surface area contributed by atoms with Gasteiger partial charge in [0.1, 0.15) is 0 Å². The average Bonchev–Trinajstić information content (AvgIpc) is 3.29. The molecular formula is C17H20N6O2S. The zero-order valence-corrected chi connectivity index (χ0v) is 15.2. The summed E-state index contributed by atoms with van der Waals surface area (Å²) in [7, 11) is -3.66. The lowest BCUT2D eigenvalue weighted by Crippen LogP contribution is -2.28. The average molecular weight is 372 g/mol. The summed E-state index contributed by atoms with van der Waals surface area (Å²) in [5, 5.41) is 11.9. The zero-order valence-electron chi connectivity index (χ0n) is 14.4. The van der Waals surface area contributed by atoms with Gasteiger partial charge in [-0.25, -0.2) is 17.8 Å². The smallest absolute Gasteiger partial charge is 0.241 e. The molecule has 8 nitrogen and oxygen atoms in total. The molecule has 0 aliphatic carbocycles. The Bertz CT molecular complexity index is 1000. The highest BCUT2D eigenvalue weighted by atomic mass is 32.2. The lowest BCUT2D eigenvalue weighted by molar-refractivity contribution is 0.473. The van der Waals surface area contributed by atoms with Crippen LogP contribution in [-0.4, -0.2) is 34.5 Å². The first-order chi connectivity index (χ1) is 12.5. The van der Waals surface area contributed by atoms with Crippen molar-refractivity contribution in [1.82, 2.24) is 29.6 Å². The maximum Gasteiger partial charge on any atom is 0.241 e. The SMILES string of the molecule is Cc1ccc(-n2cccn2)cc1S(=O)(=O)NCc1cc2n(n1)CCNC2. The highest BCUT2D eigenvalue weighted by Gasteiger charge is 2.19. The number of hydrogen-bond donors (Lipinski definition) is 2. The number of nitrogens with zero attached hydrogens (tertiary/aromatic N) is 4. The minimum atomic E-state index is -3.66. The van der Waals surface area contributed by atoms with Gasteiger partial charge in [0.05, 0.1) is 35.1 Å². The molecule has 4 rings (SSSR count). The number of fused-ring (bicyclic) bond motifs is 1. The van der Waals surface area contributed by atoms with E-state index in [1.54, 1.807) is 42.2 Å². The van der Waals surface area contributed by atoms with Gasteiger partial charge >= 0.3 is 0 Å². The molecule has 0 radical (unpaired) electrons. The number of rotatable bonds is 5. The van der Waals surface area contributed by atoms with E-state index in [1.807, 2.05) is 16.8 Å². The molecule has 0 amide bonds. The molecule has 2 aromatic heterocycles. The van der Waals surface area contributed by atoms with Gasteiger partial charge in [0.15, 0.2) is 0 Å². The van der Waals surface area contributed by atoms with E-state index >= 15 is 0 Å². The van der Waals surface area contributed by atoms with Crippen LogP contribution in [-0.2, 0) is 29.7 Å². The lowest BCUT2D eigenvalue weighted by Gasteiger charge is -2.13. The molecule has 0 bridgehead atoms. The van der Waals surface area contributed by atoms with Gasteiger partial charge in [-0.15, -0.1) is 0 Å². The summed E-state index contributed by atoms with van der Waals surface area (Å²) >= 11 is 0. The highest BCUT2D eigenvalue weighted by molar-refractivity contribution is 7.89. The minimum Gasteiger partial charge on any atom is -0.309 e. The Morgan fingerprint density at radius 1 is 1.31 bits per heavy atom. The fourth-order valence-corrected chi connectivity index (χ4v) is 4.29. The van der Waals surface area contributed by atoms with Crippen molar-refractivity contribution in [1.29, 1.82) is 0 Å². The number of aromatic nitrogens is 4. The molecular weight excluding hydrogens is 352 g/mol. The zero-order chi connectivity index (χ0) is 18.1. The standard InChI is InChI=1S/C17H20N6O2S/c1-13-3-4-15(22-7-2-5-19-22)10-17(13)26(24,25)20-11-14-9-16-12-18-6-8-23(16)21-14/h2-5,7,9-10,18,20H,6,8,11-12H2,1H3. The Morgan fingerprint density at radius 2 is 2.19 bits per heavy atom. The van der Waals surface area contributed by atoms with Gasteiger partial charge in [-0.1, -0.05) is 6.07 Å². The fourth-order valence-electron chi connectivity index (χ4n) is 3.03. The van der Waals surface area contributed by atoms with Crippen molar-refractivity contribution in [2.75, 3.05) is 6.54 Å². The van der Waals surface area contributed by atoms with Crippen LogP contribution in [0.4, 0.5) is 0 Å². The van der Waals surface area contributed by atoms with Gasteiger partial charge in [-0.3, -0.25) is 4.68 Å². The molecule has 3 aromatic rings. The maximum atomic E-state index is 12.8. The van der Waals surface area contributed by atoms with E-state index in [-0.39, 0.29) is 11.4 Å². The topological polar surface area (TPSA) is 93.8 Å². The minimum absolute atomic E-state index is 0.160. The van der Waals surface area contributed by atoms with Crippen LogP contribution in [0.3, 0.4) is 0 Å². The molecule has 1 aliphatic rings. The summed E-state index contributed by atoms with van der Waals surface area (Å²) in [6.07, 6.45) is 3.43. The normalized spacial score (nSPS) is 14.3. The monoisotopic (exact) mass is 372 g/mol. The molecule has 0 spiro atoms. The van der Waals surface area contributed by atoms with Crippen molar-refractivity contribution in [3.8, 4) is 5.69 Å². The Hall–Kier alpha value is -2.49. The third-order valence-corrected chi connectivity index (χ3v) is 5.94. The van der Waals surface area contributed by atoms with Crippen LogP contribution >= 0.6 is 0 Å². The summed E-state index contributed by atoms with van der Waals surface area (Å²) < 4.78 is 31.8. The van der Waals surface area contributed by atoms with E-state index in [4.69, 9.17) is 0 Å². The first-order valence-electron chi connectivity index (χ1n) is 8.39. The molecule has 26 heavy (non-hydrogen) atoms. The molecule has 136 valence electrons. The van der Waals surface area contributed by atoms with E-state index in [1.165, 1.54) is 0 Å². The van der Waals surface area contributed by atoms with Crippen molar-refractivity contribution < 1.29 is 8.42 Å². The van der Waals surface area contributed by atoms with Crippen molar-refractivity contribution in [2.45, 2.75) is 31.5 Å². The van der Waals surface area contributed by atoms with Crippen LogP contribution < -0.4 is 10.0 Å². The number of benzene rings is 1. The number of aryl methyl sites for hydroxylation is 1. The second kappa shape index (κ2) is 6.67. The second-order valence-electron chi connectivity index (χ2n) is 6.25.